The van der Waals surface area contributed by atoms with E-state index in [1.54, 1.807) is 24.3 Å². The summed E-state index contributed by atoms with van der Waals surface area (Å²) in [6.07, 6.45) is 0. The van der Waals surface area contributed by atoms with Crippen LogP contribution in [0.4, 0.5) is 0 Å². The van der Waals surface area contributed by atoms with Gasteiger partial charge in [-0.1, -0.05) is 19.0 Å². The number of hydrogen-bond donors (Lipinski definition) is 2. The van der Waals surface area contributed by atoms with Crippen molar-refractivity contribution in [2.45, 2.75) is 27.7 Å². The van der Waals surface area contributed by atoms with Crippen molar-refractivity contribution in [2.24, 2.45) is 5.92 Å². The Balaban J connectivity index is 1.82. The summed E-state index contributed by atoms with van der Waals surface area (Å²) < 4.78 is 5.30. The molecule has 7 nitrogen and oxygen atoms in total. The van der Waals surface area contributed by atoms with Gasteiger partial charge in [0.05, 0.1) is 27.2 Å². The molecule has 8 heteroatoms. The molecule has 0 aliphatic heterocycles. The molecule has 0 aliphatic carbocycles. The summed E-state index contributed by atoms with van der Waals surface area (Å²) in [5, 5.41) is 10.2. The molecule has 3 aromatic rings. The molecular formula is C19H22N4O3S. The Hall–Kier alpha value is -2.74. The van der Waals surface area contributed by atoms with Gasteiger partial charge in [-0.05, 0) is 32.0 Å². The Morgan fingerprint density at radius 2 is 1.93 bits per heavy atom. The van der Waals surface area contributed by atoms with Crippen LogP contribution in [0.5, 0.6) is 0 Å². The molecule has 0 unspecified atom stereocenters. The van der Waals surface area contributed by atoms with E-state index in [4.69, 9.17) is 4.52 Å². The fourth-order valence-electron chi connectivity index (χ4n) is 2.63. The van der Waals surface area contributed by atoms with Crippen LogP contribution in [0.25, 0.3) is 21.7 Å². The zero-order chi connectivity index (χ0) is 19.6. The summed E-state index contributed by atoms with van der Waals surface area (Å²) in [5.74, 6) is -0.375. The third kappa shape index (κ3) is 4.16. The van der Waals surface area contributed by atoms with Gasteiger partial charge in [0.1, 0.15) is 0 Å². The minimum atomic E-state index is -0.248. The maximum absolute atomic E-state index is 12.8. The SMILES string of the molecule is Cc1ccc(-c2cc(C(=O)NCCNC(=O)C(C)C)c3c(C)noc3n2)s1. The third-order valence-electron chi connectivity index (χ3n) is 4.09. The zero-order valence-corrected chi connectivity index (χ0v) is 16.6. The van der Waals surface area contributed by atoms with E-state index in [0.717, 1.165) is 9.75 Å². The number of pyridine rings is 1. The van der Waals surface area contributed by atoms with E-state index < -0.39 is 0 Å². The molecule has 3 rings (SSSR count). The molecule has 0 saturated carbocycles. The summed E-state index contributed by atoms with van der Waals surface area (Å²) in [5.41, 5.74) is 2.10. The molecule has 0 spiro atoms. The summed E-state index contributed by atoms with van der Waals surface area (Å²) in [4.78, 5) is 31.0. The van der Waals surface area contributed by atoms with Gasteiger partial charge in [0.15, 0.2) is 0 Å². The van der Waals surface area contributed by atoms with Crippen LogP contribution >= 0.6 is 11.3 Å². The number of rotatable bonds is 6. The standard InChI is InChI=1S/C19H22N4O3S/c1-10(2)17(24)20-7-8-21-18(25)13-9-14(15-6-5-11(3)27-15)22-19-16(13)12(4)23-26-19/h5-6,9-10H,7-8H2,1-4H3,(H,20,24)(H,21,25). The summed E-state index contributed by atoms with van der Waals surface area (Å²) in [6, 6.07) is 5.75. The number of fused-ring (bicyclic) bond motifs is 1. The van der Waals surface area contributed by atoms with Crippen LogP contribution in [-0.4, -0.2) is 35.0 Å². The lowest BCUT2D eigenvalue weighted by Crippen LogP contribution is -2.36. The maximum Gasteiger partial charge on any atom is 0.259 e. The Kier molecular flexibility index (Phi) is 5.55. The van der Waals surface area contributed by atoms with Crippen molar-refractivity contribution < 1.29 is 14.1 Å². The molecule has 0 aliphatic rings. The summed E-state index contributed by atoms with van der Waals surface area (Å²) >= 11 is 1.60. The van der Waals surface area contributed by atoms with Gasteiger partial charge in [0, 0.05) is 23.9 Å². The van der Waals surface area contributed by atoms with E-state index in [1.807, 2.05) is 32.9 Å². The highest BCUT2D eigenvalue weighted by Crippen LogP contribution is 2.30. The second-order valence-corrected chi connectivity index (χ2v) is 7.90. The number of amides is 2. The first kappa shape index (κ1) is 19.0. The fraction of sp³-hybridized carbons (Fsp3) is 0.368. The molecule has 3 aromatic heterocycles. The minimum absolute atomic E-state index is 0.0409. The average Bonchev–Trinajstić information content (AvgIpc) is 3.23. The molecule has 0 fully saturated rings. The minimum Gasteiger partial charge on any atom is -0.354 e. The molecule has 0 saturated heterocycles. The van der Waals surface area contributed by atoms with E-state index in [2.05, 4.69) is 20.8 Å². The first-order valence-electron chi connectivity index (χ1n) is 8.76. The van der Waals surface area contributed by atoms with Gasteiger partial charge in [-0.25, -0.2) is 4.98 Å². The van der Waals surface area contributed by atoms with Gasteiger partial charge in [0.25, 0.3) is 11.6 Å². The van der Waals surface area contributed by atoms with Crippen LogP contribution in [-0.2, 0) is 4.79 Å². The molecule has 0 radical (unpaired) electrons. The van der Waals surface area contributed by atoms with Crippen LogP contribution < -0.4 is 10.6 Å². The quantitative estimate of drug-likeness (QED) is 0.635. The predicted octanol–water partition coefficient (Wildman–Crippen LogP) is 3.07. The Labute approximate surface area is 161 Å². The number of thiophene rings is 1. The number of aromatic nitrogens is 2. The van der Waals surface area contributed by atoms with Crippen molar-refractivity contribution in [1.29, 1.82) is 0 Å². The van der Waals surface area contributed by atoms with E-state index in [-0.39, 0.29) is 17.7 Å². The molecule has 2 amide bonds. The molecule has 0 bridgehead atoms. The third-order valence-corrected chi connectivity index (χ3v) is 5.11. The summed E-state index contributed by atoms with van der Waals surface area (Å²) in [6.45, 7) is 8.15. The molecule has 2 N–H and O–H groups in total. The van der Waals surface area contributed by atoms with Crippen molar-refractivity contribution in [3.05, 3.63) is 34.3 Å². The summed E-state index contributed by atoms with van der Waals surface area (Å²) in [7, 11) is 0. The fourth-order valence-corrected chi connectivity index (χ4v) is 3.46. The lowest BCUT2D eigenvalue weighted by atomic mass is 10.1. The predicted molar refractivity (Wildman–Crippen MR) is 105 cm³/mol. The van der Waals surface area contributed by atoms with Crippen molar-refractivity contribution in [2.75, 3.05) is 13.1 Å². The van der Waals surface area contributed by atoms with Crippen LogP contribution in [0, 0.1) is 19.8 Å². The normalized spacial score (nSPS) is 11.1. The van der Waals surface area contributed by atoms with Crippen LogP contribution in [0.1, 0.15) is 34.8 Å². The van der Waals surface area contributed by atoms with Crippen molar-refractivity contribution in [3.63, 3.8) is 0 Å². The highest BCUT2D eigenvalue weighted by atomic mass is 32.1. The van der Waals surface area contributed by atoms with Crippen LogP contribution in [0.2, 0.25) is 0 Å². The number of carbonyl (C=O) groups is 2. The number of hydrogen-bond acceptors (Lipinski definition) is 6. The maximum atomic E-state index is 12.8. The first-order valence-corrected chi connectivity index (χ1v) is 9.58. The molecule has 3 heterocycles. The first-order chi connectivity index (χ1) is 12.9. The number of aryl methyl sites for hydroxylation is 2. The van der Waals surface area contributed by atoms with Gasteiger partial charge in [0.2, 0.25) is 5.91 Å². The van der Waals surface area contributed by atoms with Crippen molar-refractivity contribution in [1.82, 2.24) is 20.8 Å². The van der Waals surface area contributed by atoms with Gasteiger partial charge in [-0.2, -0.15) is 0 Å². The van der Waals surface area contributed by atoms with Gasteiger partial charge in [-0.3, -0.25) is 9.59 Å². The van der Waals surface area contributed by atoms with E-state index >= 15 is 0 Å². The second-order valence-electron chi connectivity index (χ2n) is 6.62. The Morgan fingerprint density at radius 1 is 1.19 bits per heavy atom. The van der Waals surface area contributed by atoms with Crippen LogP contribution in [0.3, 0.4) is 0 Å². The van der Waals surface area contributed by atoms with Gasteiger partial charge in [-0.15, -0.1) is 11.3 Å². The number of nitrogens with zero attached hydrogens (tertiary/aromatic N) is 2. The lowest BCUT2D eigenvalue weighted by Gasteiger charge is -2.10. The number of nitrogens with one attached hydrogen (secondary N) is 2. The monoisotopic (exact) mass is 386 g/mol. The Morgan fingerprint density at radius 3 is 2.59 bits per heavy atom. The highest BCUT2D eigenvalue weighted by Gasteiger charge is 2.19. The highest BCUT2D eigenvalue weighted by molar-refractivity contribution is 7.15. The molecule has 0 atom stereocenters. The molecule has 142 valence electrons. The molecular weight excluding hydrogens is 364 g/mol. The van der Waals surface area contributed by atoms with E-state index in [0.29, 0.717) is 41.1 Å². The topological polar surface area (TPSA) is 97.1 Å². The largest absolute Gasteiger partial charge is 0.354 e. The molecule has 27 heavy (non-hydrogen) atoms. The van der Waals surface area contributed by atoms with Gasteiger partial charge < -0.3 is 15.2 Å². The van der Waals surface area contributed by atoms with Crippen molar-refractivity contribution >= 4 is 34.3 Å². The number of carbonyl (C=O) groups excluding carboxylic acids is 2. The second kappa shape index (κ2) is 7.87. The van der Waals surface area contributed by atoms with E-state index in [9.17, 15) is 9.59 Å². The smallest absolute Gasteiger partial charge is 0.259 e. The van der Waals surface area contributed by atoms with Crippen molar-refractivity contribution in [3.8, 4) is 10.6 Å². The Bertz CT molecular complexity index is 990. The van der Waals surface area contributed by atoms with Crippen LogP contribution in [0.15, 0.2) is 22.7 Å². The lowest BCUT2D eigenvalue weighted by molar-refractivity contribution is -0.123. The van der Waals surface area contributed by atoms with E-state index in [1.165, 1.54) is 0 Å². The molecule has 0 aromatic carbocycles. The van der Waals surface area contributed by atoms with Gasteiger partial charge >= 0.3 is 0 Å². The average molecular weight is 386 g/mol. The zero-order valence-electron chi connectivity index (χ0n) is 15.8.